The van der Waals surface area contributed by atoms with Crippen LogP contribution >= 0.6 is 0 Å². The predicted molar refractivity (Wildman–Crippen MR) is 83.7 cm³/mol. The number of halogens is 1. The minimum Gasteiger partial charge on any atom is -0.363 e. The topological polar surface area (TPSA) is 90.0 Å². The van der Waals surface area contributed by atoms with Crippen LogP contribution < -0.4 is 10.9 Å². The lowest BCUT2D eigenvalue weighted by Crippen LogP contribution is -2.33. The third-order valence-corrected chi connectivity index (χ3v) is 3.40. The minimum atomic E-state index is -0.866. The predicted octanol–water partition coefficient (Wildman–Crippen LogP) is 2.24. The van der Waals surface area contributed by atoms with Crippen molar-refractivity contribution in [3.63, 3.8) is 0 Å². The summed E-state index contributed by atoms with van der Waals surface area (Å²) in [6.45, 7) is 1.54. The van der Waals surface area contributed by atoms with E-state index in [1.165, 1.54) is 43.5 Å². The SMILES string of the molecule is C[C@H](C(=O)Nc1ccon1)n1nc(-c2ccc(F)cc2)ccc1=O. The van der Waals surface area contributed by atoms with Crippen LogP contribution in [0.15, 0.2) is 58.0 Å². The third kappa shape index (κ3) is 3.22. The van der Waals surface area contributed by atoms with Gasteiger partial charge in [0.1, 0.15) is 18.1 Å². The van der Waals surface area contributed by atoms with E-state index in [1.54, 1.807) is 12.1 Å². The first-order valence-corrected chi connectivity index (χ1v) is 7.11. The van der Waals surface area contributed by atoms with Gasteiger partial charge in [-0.2, -0.15) is 5.10 Å². The highest BCUT2D eigenvalue weighted by molar-refractivity contribution is 5.92. The molecular formula is C16H13FN4O3. The Morgan fingerprint density at radius 2 is 1.96 bits per heavy atom. The van der Waals surface area contributed by atoms with E-state index >= 15 is 0 Å². The van der Waals surface area contributed by atoms with E-state index in [2.05, 4.69) is 20.1 Å². The number of aromatic nitrogens is 3. The summed E-state index contributed by atoms with van der Waals surface area (Å²) in [5.41, 5.74) is 0.661. The number of rotatable bonds is 4. The highest BCUT2D eigenvalue weighted by Crippen LogP contribution is 2.17. The van der Waals surface area contributed by atoms with Crippen molar-refractivity contribution in [1.82, 2.24) is 14.9 Å². The Kier molecular flexibility index (Phi) is 4.19. The van der Waals surface area contributed by atoms with Crippen LogP contribution in [0.25, 0.3) is 11.3 Å². The van der Waals surface area contributed by atoms with Crippen molar-refractivity contribution in [1.29, 1.82) is 0 Å². The number of hydrogen-bond acceptors (Lipinski definition) is 5. The Hall–Kier alpha value is -3.29. The molecule has 3 aromatic rings. The fourth-order valence-corrected chi connectivity index (χ4v) is 2.10. The smallest absolute Gasteiger partial charge is 0.267 e. The number of anilines is 1. The van der Waals surface area contributed by atoms with Crippen LogP contribution in [-0.4, -0.2) is 20.8 Å². The first-order valence-electron chi connectivity index (χ1n) is 7.11. The molecule has 8 heteroatoms. The van der Waals surface area contributed by atoms with Crippen LogP contribution in [0.3, 0.4) is 0 Å². The van der Waals surface area contributed by atoms with Gasteiger partial charge in [0.2, 0.25) is 5.91 Å². The Morgan fingerprint density at radius 1 is 1.21 bits per heavy atom. The van der Waals surface area contributed by atoms with Crippen molar-refractivity contribution < 1.29 is 13.7 Å². The largest absolute Gasteiger partial charge is 0.363 e. The molecule has 7 nitrogen and oxygen atoms in total. The Labute approximate surface area is 135 Å². The molecule has 0 aliphatic carbocycles. The van der Waals surface area contributed by atoms with Gasteiger partial charge in [-0.05, 0) is 37.3 Å². The zero-order chi connectivity index (χ0) is 17.1. The van der Waals surface area contributed by atoms with Crippen LogP contribution in [0.5, 0.6) is 0 Å². The van der Waals surface area contributed by atoms with E-state index in [9.17, 15) is 14.0 Å². The molecule has 1 atom stereocenters. The number of nitrogens with zero attached hydrogens (tertiary/aromatic N) is 3. The molecule has 0 bridgehead atoms. The lowest BCUT2D eigenvalue weighted by molar-refractivity contribution is -0.119. The molecular weight excluding hydrogens is 315 g/mol. The summed E-state index contributed by atoms with van der Waals surface area (Å²) in [5, 5.41) is 10.3. The summed E-state index contributed by atoms with van der Waals surface area (Å²) in [6, 6.07) is 9.14. The number of benzene rings is 1. The van der Waals surface area contributed by atoms with E-state index in [0.717, 1.165) is 4.68 Å². The Morgan fingerprint density at radius 3 is 2.62 bits per heavy atom. The molecule has 122 valence electrons. The van der Waals surface area contributed by atoms with Gasteiger partial charge in [0.25, 0.3) is 5.56 Å². The molecule has 0 spiro atoms. The summed E-state index contributed by atoms with van der Waals surface area (Å²) in [7, 11) is 0. The quantitative estimate of drug-likeness (QED) is 0.793. The number of hydrogen-bond donors (Lipinski definition) is 1. The molecule has 3 rings (SSSR count). The molecule has 1 aromatic carbocycles. The van der Waals surface area contributed by atoms with Gasteiger partial charge >= 0.3 is 0 Å². The molecule has 1 N–H and O–H groups in total. The van der Waals surface area contributed by atoms with E-state index in [0.29, 0.717) is 11.3 Å². The van der Waals surface area contributed by atoms with E-state index in [-0.39, 0.29) is 11.6 Å². The maximum Gasteiger partial charge on any atom is 0.267 e. The summed E-state index contributed by atoms with van der Waals surface area (Å²) in [5.74, 6) is -0.586. The molecule has 0 fully saturated rings. The van der Waals surface area contributed by atoms with Gasteiger partial charge < -0.3 is 9.84 Å². The second-order valence-electron chi connectivity index (χ2n) is 5.06. The van der Waals surface area contributed by atoms with Crippen LogP contribution in [0, 0.1) is 5.82 Å². The van der Waals surface area contributed by atoms with Gasteiger partial charge in [-0.1, -0.05) is 5.16 Å². The molecule has 1 amide bonds. The van der Waals surface area contributed by atoms with Gasteiger partial charge in [-0.3, -0.25) is 9.59 Å². The normalized spacial score (nSPS) is 11.9. The van der Waals surface area contributed by atoms with Gasteiger partial charge in [0.05, 0.1) is 5.69 Å². The second kappa shape index (κ2) is 6.45. The second-order valence-corrected chi connectivity index (χ2v) is 5.06. The molecule has 0 saturated carbocycles. The first kappa shape index (κ1) is 15.6. The average molecular weight is 328 g/mol. The lowest BCUT2D eigenvalue weighted by atomic mass is 10.1. The minimum absolute atomic E-state index is 0.245. The van der Waals surface area contributed by atoms with Gasteiger partial charge in [-0.15, -0.1) is 0 Å². The van der Waals surface area contributed by atoms with Crippen LogP contribution in [0.4, 0.5) is 10.2 Å². The maximum atomic E-state index is 13.0. The van der Waals surface area contributed by atoms with Crippen molar-refractivity contribution >= 4 is 11.7 Å². The van der Waals surface area contributed by atoms with Crippen molar-refractivity contribution in [2.75, 3.05) is 5.32 Å². The maximum absolute atomic E-state index is 13.0. The number of amides is 1. The molecule has 0 aliphatic heterocycles. The van der Waals surface area contributed by atoms with E-state index in [1.807, 2.05) is 0 Å². The summed E-state index contributed by atoms with van der Waals surface area (Å²) in [4.78, 5) is 24.2. The number of carbonyl (C=O) groups is 1. The Bertz CT molecular complexity index is 904. The summed E-state index contributed by atoms with van der Waals surface area (Å²) in [6.07, 6.45) is 1.32. The van der Waals surface area contributed by atoms with Crippen LogP contribution in [0.1, 0.15) is 13.0 Å². The average Bonchev–Trinajstić information content (AvgIpc) is 3.08. The molecule has 0 radical (unpaired) electrons. The van der Waals surface area contributed by atoms with Crippen LogP contribution in [0.2, 0.25) is 0 Å². The highest BCUT2D eigenvalue weighted by Gasteiger charge is 2.19. The van der Waals surface area contributed by atoms with E-state index in [4.69, 9.17) is 0 Å². The van der Waals surface area contributed by atoms with E-state index < -0.39 is 17.5 Å². The summed E-state index contributed by atoms with van der Waals surface area (Å²) < 4.78 is 18.7. The van der Waals surface area contributed by atoms with Crippen LogP contribution in [-0.2, 0) is 4.79 Å². The van der Waals surface area contributed by atoms with Gasteiger partial charge in [-0.25, -0.2) is 9.07 Å². The highest BCUT2D eigenvalue weighted by atomic mass is 19.1. The number of carbonyl (C=O) groups excluding carboxylic acids is 1. The van der Waals surface area contributed by atoms with Crippen molar-refractivity contribution in [2.24, 2.45) is 0 Å². The molecule has 0 aliphatic rings. The monoisotopic (exact) mass is 328 g/mol. The van der Waals surface area contributed by atoms with Crippen molar-refractivity contribution in [3.8, 4) is 11.3 Å². The first-order chi connectivity index (χ1) is 11.5. The number of nitrogens with one attached hydrogen (secondary N) is 1. The summed E-state index contributed by atoms with van der Waals surface area (Å²) >= 11 is 0. The van der Waals surface area contributed by atoms with Crippen molar-refractivity contribution in [2.45, 2.75) is 13.0 Å². The fraction of sp³-hybridized carbons (Fsp3) is 0.125. The third-order valence-electron chi connectivity index (χ3n) is 3.40. The zero-order valence-electron chi connectivity index (χ0n) is 12.6. The standard InChI is InChI=1S/C16H13FN4O3/c1-10(16(23)18-14-8-9-24-20-14)21-15(22)7-6-13(19-21)11-2-4-12(17)5-3-11/h2-10H,1H3,(H,18,20,23)/t10-/m1/s1. The molecule has 0 saturated heterocycles. The van der Waals surface area contributed by atoms with Gasteiger partial charge in [0, 0.05) is 17.7 Å². The lowest BCUT2D eigenvalue weighted by Gasteiger charge is -2.14. The zero-order valence-corrected chi connectivity index (χ0v) is 12.6. The molecule has 2 aromatic heterocycles. The Balaban J connectivity index is 1.89. The molecule has 0 unspecified atom stereocenters. The molecule has 2 heterocycles. The fourth-order valence-electron chi connectivity index (χ4n) is 2.10. The van der Waals surface area contributed by atoms with Crippen molar-refractivity contribution in [3.05, 3.63) is 64.9 Å². The van der Waals surface area contributed by atoms with Gasteiger partial charge in [0.15, 0.2) is 5.82 Å². The molecule has 24 heavy (non-hydrogen) atoms.